The number of fused-ring (bicyclic) bond motifs is 1. The molecule has 4 aromatic rings. The first-order chi connectivity index (χ1) is 20.9. The van der Waals surface area contributed by atoms with E-state index in [2.05, 4.69) is 26.8 Å². The molecule has 0 aliphatic rings. The third-order valence-corrected chi connectivity index (χ3v) is 7.81. The number of H-pyrrole nitrogens is 1. The van der Waals surface area contributed by atoms with Crippen molar-refractivity contribution in [3.05, 3.63) is 108 Å². The van der Waals surface area contributed by atoms with Crippen molar-refractivity contribution in [1.29, 1.82) is 5.41 Å². The fourth-order valence-electron chi connectivity index (χ4n) is 4.64. The first kappa shape index (κ1) is 32.4. The van der Waals surface area contributed by atoms with Crippen LogP contribution in [0.5, 0.6) is 0 Å². The molecule has 0 radical (unpaired) electrons. The minimum atomic E-state index is -0.282. The SMILES string of the molecule is C=C(C(=N)c1nc2c(-c3cc(F)cc(CCCN(C)C)c3)cccc2[nH]1)/C(N)=C\C=C(/C)c1cncc(NC(=S)C(C)C)c1. The maximum Gasteiger partial charge on any atom is 0.157 e. The molecule has 44 heavy (non-hydrogen) atoms. The number of aryl methyl sites for hydroxylation is 1. The van der Waals surface area contributed by atoms with Gasteiger partial charge in [0.2, 0.25) is 0 Å². The summed E-state index contributed by atoms with van der Waals surface area (Å²) in [7, 11) is 4.06. The number of hydrogen-bond acceptors (Lipinski definition) is 6. The Balaban J connectivity index is 1.54. The first-order valence-electron chi connectivity index (χ1n) is 14.5. The van der Waals surface area contributed by atoms with Gasteiger partial charge in [0.15, 0.2) is 5.82 Å². The average Bonchev–Trinajstić information content (AvgIpc) is 3.43. The van der Waals surface area contributed by atoms with E-state index in [4.69, 9.17) is 28.3 Å². The van der Waals surface area contributed by atoms with Crippen molar-refractivity contribution in [3.8, 4) is 11.1 Å². The van der Waals surface area contributed by atoms with E-state index >= 15 is 0 Å². The number of allylic oxidation sites excluding steroid dienone is 4. The molecule has 0 saturated heterocycles. The molecule has 0 aliphatic carbocycles. The van der Waals surface area contributed by atoms with Crippen LogP contribution in [0, 0.1) is 17.1 Å². The van der Waals surface area contributed by atoms with Gasteiger partial charge >= 0.3 is 0 Å². The fourth-order valence-corrected chi connectivity index (χ4v) is 4.76. The Kier molecular flexibility index (Phi) is 10.6. The van der Waals surface area contributed by atoms with E-state index in [1.54, 1.807) is 24.5 Å². The topological polar surface area (TPSA) is 107 Å². The van der Waals surface area contributed by atoms with Crippen molar-refractivity contribution in [3.63, 3.8) is 0 Å². The van der Waals surface area contributed by atoms with Gasteiger partial charge in [0.1, 0.15) is 11.5 Å². The molecular formula is C35H40FN7S. The highest BCUT2D eigenvalue weighted by molar-refractivity contribution is 7.80. The van der Waals surface area contributed by atoms with Crippen LogP contribution in [-0.4, -0.2) is 51.2 Å². The van der Waals surface area contributed by atoms with Gasteiger partial charge in [-0.15, -0.1) is 0 Å². The van der Waals surface area contributed by atoms with Crippen molar-refractivity contribution in [2.75, 3.05) is 26.0 Å². The number of hydrogen-bond donors (Lipinski definition) is 4. The largest absolute Gasteiger partial charge is 0.398 e. The number of thiocarbonyl (C=S) groups is 1. The number of aromatic nitrogens is 3. The van der Waals surface area contributed by atoms with Gasteiger partial charge < -0.3 is 20.9 Å². The minimum Gasteiger partial charge on any atom is -0.398 e. The van der Waals surface area contributed by atoms with Crippen LogP contribution in [0.1, 0.15) is 44.1 Å². The molecular weight excluding hydrogens is 569 g/mol. The fraction of sp³-hybridized carbons (Fsp3) is 0.257. The number of nitrogens with one attached hydrogen (secondary N) is 3. The number of para-hydroxylation sites is 1. The van der Waals surface area contributed by atoms with Crippen LogP contribution in [0.4, 0.5) is 10.1 Å². The number of nitrogens with two attached hydrogens (primary N) is 1. The number of nitrogens with zero attached hydrogens (tertiary/aromatic N) is 3. The Morgan fingerprint density at radius 1 is 1.18 bits per heavy atom. The highest BCUT2D eigenvalue weighted by atomic mass is 32.1. The van der Waals surface area contributed by atoms with E-state index in [-0.39, 0.29) is 17.4 Å². The van der Waals surface area contributed by atoms with E-state index in [0.29, 0.717) is 22.6 Å². The lowest BCUT2D eigenvalue weighted by molar-refractivity contribution is 0.400. The third-order valence-electron chi connectivity index (χ3n) is 7.24. The highest BCUT2D eigenvalue weighted by Gasteiger charge is 2.16. The number of anilines is 1. The Labute approximate surface area is 264 Å². The molecule has 0 fully saturated rings. The number of halogens is 1. The first-order valence-corrected chi connectivity index (χ1v) is 15.0. The standard InChI is InChI=1S/C35H40FN7S/c1-21(2)35(44)40-28-18-26(19-39-20-28)22(3)12-13-30(37)23(4)32(38)34-41-31-11-7-10-29(33(31)42-34)25-15-24(16-27(36)17-25)9-8-14-43(5)6/h7,10-13,15-21,38H,4,8-9,14,37H2,1-3,5-6H3,(H,40,44)(H,41,42)/b22-12+,30-13+,38-32?. The summed E-state index contributed by atoms with van der Waals surface area (Å²) in [5, 5.41) is 12.0. The van der Waals surface area contributed by atoms with E-state index in [1.807, 2.05) is 71.3 Å². The predicted octanol–water partition coefficient (Wildman–Crippen LogP) is 7.52. The molecule has 2 aromatic heterocycles. The van der Waals surface area contributed by atoms with E-state index in [0.717, 1.165) is 63.4 Å². The van der Waals surface area contributed by atoms with Crippen LogP contribution in [0.25, 0.3) is 27.7 Å². The molecule has 2 aromatic carbocycles. The second-order valence-corrected chi connectivity index (χ2v) is 11.9. The molecule has 228 valence electrons. The monoisotopic (exact) mass is 609 g/mol. The van der Waals surface area contributed by atoms with Crippen LogP contribution < -0.4 is 11.1 Å². The summed E-state index contributed by atoms with van der Waals surface area (Å²) in [5.74, 6) is 0.279. The zero-order valence-corrected chi connectivity index (χ0v) is 26.8. The van der Waals surface area contributed by atoms with Gasteiger partial charge in [-0.3, -0.25) is 10.4 Å². The molecule has 2 heterocycles. The van der Waals surface area contributed by atoms with Crippen LogP contribution in [-0.2, 0) is 6.42 Å². The predicted molar refractivity (Wildman–Crippen MR) is 186 cm³/mol. The number of pyridine rings is 1. The van der Waals surface area contributed by atoms with Gasteiger partial charge in [-0.05, 0) is 93.0 Å². The van der Waals surface area contributed by atoms with Crippen molar-refractivity contribution in [1.82, 2.24) is 19.9 Å². The number of benzene rings is 2. The number of aromatic amines is 1. The molecule has 0 saturated carbocycles. The zero-order chi connectivity index (χ0) is 32.0. The summed E-state index contributed by atoms with van der Waals surface area (Å²) >= 11 is 5.40. The van der Waals surface area contributed by atoms with Gasteiger partial charge in [-0.1, -0.05) is 56.9 Å². The molecule has 0 spiro atoms. The molecule has 0 aliphatic heterocycles. The second kappa shape index (κ2) is 14.3. The van der Waals surface area contributed by atoms with Gasteiger partial charge in [0.05, 0.1) is 27.9 Å². The van der Waals surface area contributed by atoms with Gasteiger partial charge in [0.25, 0.3) is 0 Å². The Hall–Kier alpha value is -4.47. The zero-order valence-electron chi connectivity index (χ0n) is 26.0. The van der Waals surface area contributed by atoms with Crippen LogP contribution in [0.2, 0.25) is 0 Å². The molecule has 9 heteroatoms. The lowest BCUT2D eigenvalue weighted by Crippen LogP contribution is -2.15. The summed E-state index contributed by atoms with van der Waals surface area (Å²) < 4.78 is 14.6. The molecule has 0 bridgehead atoms. The molecule has 4 rings (SSSR count). The van der Waals surface area contributed by atoms with Crippen molar-refractivity contribution in [2.45, 2.75) is 33.6 Å². The Morgan fingerprint density at radius 2 is 1.95 bits per heavy atom. The van der Waals surface area contributed by atoms with E-state index in [9.17, 15) is 4.39 Å². The quantitative estimate of drug-likeness (QED) is 0.0752. The molecule has 0 unspecified atom stereocenters. The van der Waals surface area contributed by atoms with Crippen LogP contribution >= 0.6 is 12.2 Å². The Morgan fingerprint density at radius 3 is 2.68 bits per heavy atom. The minimum absolute atomic E-state index is 0.0747. The van der Waals surface area contributed by atoms with Crippen LogP contribution in [0.15, 0.2) is 84.9 Å². The van der Waals surface area contributed by atoms with Gasteiger partial charge in [-0.25, -0.2) is 9.37 Å². The second-order valence-electron chi connectivity index (χ2n) is 11.5. The smallest absolute Gasteiger partial charge is 0.157 e. The van der Waals surface area contributed by atoms with E-state index < -0.39 is 0 Å². The average molecular weight is 610 g/mol. The normalized spacial score (nSPS) is 12.3. The molecule has 0 amide bonds. The maximum atomic E-state index is 14.6. The molecule has 5 N–H and O–H groups in total. The molecule has 7 nitrogen and oxygen atoms in total. The van der Waals surface area contributed by atoms with Crippen molar-refractivity contribution in [2.24, 2.45) is 11.7 Å². The van der Waals surface area contributed by atoms with E-state index in [1.165, 1.54) is 6.07 Å². The summed E-state index contributed by atoms with van der Waals surface area (Å²) in [5.41, 5.74) is 13.6. The maximum absolute atomic E-state index is 14.6. The van der Waals surface area contributed by atoms with Gasteiger partial charge in [0, 0.05) is 28.9 Å². The van der Waals surface area contributed by atoms with Crippen LogP contribution in [0.3, 0.4) is 0 Å². The summed E-state index contributed by atoms with van der Waals surface area (Å²) in [6.07, 6.45) is 8.81. The molecule has 0 atom stereocenters. The summed E-state index contributed by atoms with van der Waals surface area (Å²) in [6.45, 7) is 11.0. The summed E-state index contributed by atoms with van der Waals surface area (Å²) in [6, 6.07) is 12.8. The van der Waals surface area contributed by atoms with Gasteiger partial charge in [-0.2, -0.15) is 0 Å². The summed E-state index contributed by atoms with van der Waals surface area (Å²) in [4.78, 5) is 15.1. The Bertz CT molecular complexity index is 1760. The number of rotatable bonds is 12. The third kappa shape index (κ3) is 8.12. The lowest BCUT2D eigenvalue weighted by Gasteiger charge is -2.11. The van der Waals surface area contributed by atoms with Crippen molar-refractivity contribution < 1.29 is 4.39 Å². The lowest BCUT2D eigenvalue weighted by atomic mass is 9.99. The highest BCUT2D eigenvalue weighted by Crippen LogP contribution is 2.30. The number of imidazole rings is 1. The van der Waals surface area contributed by atoms with Crippen molar-refractivity contribution >= 4 is 45.2 Å².